The molecular formula is C12H12N2O3. The number of nitrogens with zero attached hydrogens (tertiary/aromatic N) is 2. The van der Waals surface area contributed by atoms with Crippen molar-refractivity contribution in [2.45, 2.75) is 12.5 Å². The molecule has 0 aromatic heterocycles. The average Bonchev–Trinajstić information content (AvgIpc) is 3.10. The van der Waals surface area contributed by atoms with Crippen LogP contribution in [0.25, 0.3) is 0 Å². The first-order chi connectivity index (χ1) is 8.20. The highest BCUT2D eigenvalue weighted by molar-refractivity contribution is 5.68. The summed E-state index contributed by atoms with van der Waals surface area (Å²) in [6.07, 6.45) is -0.167. The van der Waals surface area contributed by atoms with Crippen molar-refractivity contribution in [2.24, 2.45) is 0 Å². The van der Waals surface area contributed by atoms with Crippen molar-refractivity contribution in [3.05, 3.63) is 29.8 Å². The second-order valence-electron chi connectivity index (χ2n) is 3.86. The summed E-state index contributed by atoms with van der Waals surface area (Å²) in [6, 6.07) is 8.99. The number of ether oxygens (including phenoxy) is 1. The van der Waals surface area contributed by atoms with E-state index in [-0.39, 0.29) is 6.04 Å². The zero-order valence-corrected chi connectivity index (χ0v) is 9.17. The van der Waals surface area contributed by atoms with E-state index in [1.807, 2.05) is 6.07 Å². The minimum Gasteiger partial charge on any atom is -0.494 e. The molecule has 1 saturated heterocycles. The fraction of sp³-hybridized carbons (Fsp3) is 0.333. The Morgan fingerprint density at radius 2 is 2.24 bits per heavy atom. The highest BCUT2D eigenvalue weighted by Gasteiger charge is 2.37. The number of nitriles is 1. The van der Waals surface area contributed by atoms with Gasteiger partial charge in [-0.3, -0.25) is 0 Å². The maximum atomic E-state index is 10.5. The van der Waals surface area contributed by atoms with Crippen molar-refractivity contribution in [3.8, 4) is 11.8 Å². The van der Waals surface area contributed by atoms with Crippen LogP contribution in [0.1, 0.15) is 12.0 Å². The lowest BCUT2D eigenvalue weighted by molar-refractivity contribution is 0.175. The van der Waals surface area contributed by atoms with Crippen molar-refractivity contribution in [1.29, 1.82) is 5.26 Å². The van der Waals surface area contributed by atoms with Gasteiger partial charge in [-0.05, 0) is 24.3 Å². The molecule has 0 radical (unpaired) electrons. The van der Waals surface area contributed by atoms with Crippen molar-refractivity contribution >= 4 is 6.09 Å². The predicted octanol–water partition coefficient (Wildman–Crippen LogP) is 1.69. The van der Waals surface area contributed by atoms with Gasteiger partial charge in [-0.2, -0.15) is 5.26 Å². The number of benzene rings is 1. The quantitative estimate of drug-likeness (QED) is 0.801. The van der Waals surface area contributed by atoms with Gasteiger partial charge in [0.15, 0.2) is 0 Å². The van der Waals surface area contributed by atoms with Gasteiger partial charge in [-0.1, -0.05) is 0 Å². The van der Waals surface area contributed by atoms with E-state index in [2.05, 4.69) is 0 Å². The van der Waals surface area contributed by atoms with Gasteiger partial charge in [-0.15, -0.1) is 0 Å². The largest absolute Gasteiger partial charge is 0.494 e. The molecule has 1 aromatic carbocycles. The van der Waals surface area contributed by atoms with Gasteiger partial charge < -0.3 is 14.7 Å². The van der Waals surface area contributed by atoms with Gasteiger partial charge in [0.25, 0.3) is 0 Å². The van der Waals surface area contributed by atoms with E-state index in [0.29, 0.717) is 30.9 Å². The Morgan fingerprint density at radius 1 is 1.53 bits per heavy atom. The molecule has 1 aliphatic rings. The van der Waals surface area contributed by atoms with E-state index in [1.165, 1.54) is 4.90 Å². The molecule has 5 heteroatoms. The highest BCUT2D eigenvalue weighted by atomic mass is 16.5. The number of hydrogen-bond donors (Lipinski definition) is 1. The Bertz CT molecular complexity index is 450. The van der Waals surface area contributed by atoms with Gasteiger partial charge >= 0.3 is 6.09 Å². The summed E-state index contributed by atoms with van der Waals surface area (Å²) < 4.78 is 5.46. The number of rotatable bonds is 4. The summed E-state index contributed by atoms with van der Waals surface area (Å²) in [5.41, 5.74) is 0.594. The van der Waals surface area contributed by atoms with E-state index in [4.69, 9.17) is 15.1 Å². The molecule has 1 heterocycles. The molecule has 1 atom stereocenters. The molecule has 17 heavy (non-hydrogen) atoms. The van der Waals surface area contributed by atoms with Gasteiger partial charge in [-0.25, -0.2) is 4.79 Å². The normalized spacial score (nSPS) is 17.4. The third kappa shape index (κ3) is 2.88. The zero-order chi connectivity index (χ0) is 12.3. The van der Waals surface area contributed by atoms with Crippen molar-refractivity contribution in [2.75, 3.05) is 13.2 Å². The van der Waals surface area contributed by atoms with Crippen LogP contribution >= 0.6 is 0 Å². The fourth-order valence-corrected chi connectivity index (χ4v) is 1.60. The fourth-order valence-electron chi connectivity index (χ4n) is 1.60. The van der Waals surface area contributed by atoms with Crippen LogP contribution in [0.3, 0.4) is 0 Å². The zero-order valence-electron chi connectivity index (χ0n) is 9.17. The summed E-state index contributed by atoms with van der Waals surface area (Å²) in [7, 11) is 0. The minimum atomic E-state index is -0.867. The van der Waals surface area contributed by atoms with Gasteiger partial charge in [0.1, 0.15) is 5.75 Å². The van der Waals surface area contributed by atoms with Crippen LogP contribution in [0.4, 0.5) is 4.79 Å². The van der Waals surface area contributed by atoms with E-state index in [0.717, 1.165) is 0 Å². The van der Waals surface area contributed by atoms with E-state index in [9.17, 15) is 4.79 Å². The third-order valence-electron chi connectivity index (χ3n) is 2.66. The van der Waals surface area contributed by atoms with Crippen molar-refractivity contribution in [1.82, 2.24) is 4.90 Å². The van der Waals surface area contributed by atoms with Crippen LogP contribution in [-0.2, 0) is 0 Å². The lowest BCUT2D eigenvalue weighted by Crippen LogP contribution is -2.11. The standard InChI is InChI=1S/C12H12N2O3/c13-7-9-1-3-11(4-2-9)17-6-5-10-8-14(10)12(15)16/h1-4,10H,5-6,8H2,(H,15,16). The molecule has 5 nitrogen and oxygen atoms in total. The average molecular weight is 232 g/mol. The summed E-state index contributed by atoms with van der Waals surface area (Å²) in [5.74, 6) is 0.700. The highest BCUT2D eigenvalue weighted by Crippen LogP contribution is 2.21. The number of carbonyl (C=O) groups is 1. The molecule has 2 rings (SSSR count). The molecule has 0 saturated carbocycles. The SMILES string of the molecule is N#Cc1ccc(OCCC2CN2C(=O)O)cc1. The Morgan fingerprint density at radius 3 is 2.76 bits per heavy atom. The molecule has 1 N–H and O–H groups in total. The Hall–Kier alpha value is -2.22. The van der Waals surface area contributed by atoms with Crippen LogP contribution in [0, 0.1) is 11.3 Å². The molecule has 1 amide bonds. The van der Waals surface area contributed by atoms with E-state index < -0.39 is 6.09 Å². The predicted molar refractivity (Wildman–Crippen MR) is 59.8 cm³/mol. The second-order valence-corrected chi connectivity index (χ2v) is 3.86. The smallest absolute Gasteiger partial charge is 0.407 e. The first kappa shape index (κ1) is 11.3. The maximum Gasteiger partial charge on any atom is 0.407 e. The van der Waals surface area contributed by atoms with E-state index in [1.54, 1.807) is 24.3 Å². The van der Waals surface area contributed by atoms with Crippen LogP contribution in [0.15, 0.2) is 24.3 Å². The minimum absolute atomic E-state index is 0.103. The van der Waals surface area contributed by atoms with Gasteiger partial charge in [0.2, 0.25) is 0 Å². The monoisotopic (exact) mass is 232 g/mol. The number of carboxylic acid groups (broad SMARTS) is 1. The van der Waals surface area contributed by atoms with Crippen molar-refractivity contribution in [3.63, 3.8) is 0 Å². The van der Waals surface area contributed by atoms with Crippen LogP contribution in [0.2, 0.25) is 0 Å². The van der Waals surface area contributed by atoms with Crippen LogP contribution < -0.4 is 4.74 Å². The summed E-state index contributed by atoms with van der Waals surface area (Å²) in [5, 5.41) is 17.3. The van der Waals surface area contributed by atoms with E-state index >= 15 is 0 Å². The molecule has 88 valence electrons. The summed E-state index contributed by atoms with van der Waals surface area (Å²) in [6.45, 7) is 1.09. The Kier molecular flexibility index (Phi) is 3.15. The molecular weight excluding hydrogens is 220 g/mol. The first-order valence-corrected chi connectivity index (χ1v) is 5.33. The third-order valence-corrected chi connectivity index (χ3v) is 2.66. The molecule has 1 fully saturated rings. The lowest BCUT2D eigenvalue weighted by atomic mass is 10.2. The summed E-state index contributed by atoms with van der Waals surface area (Å²) >= 11 is 0. The first-order valence-electron chi connectivity index (χ1n) is 5.33. The Balaban J connectivity index is 1.72. The maximum absolute atomic E-state index is 10.5. The molecule has 0 aliphatic carbocycles. The molecule has 1 unspecified atom stereocenters. The molecule has 0 bridgehead atoms. The van der Waals surface area contributed by atoms with Crippen LogP contribution in [-0.4, -0.2) is 35.3 Å². The van der Waals surface area contributed by atoms with Crippen molar-refractivity contribution < 1.29 is 14.6 Å². The molecule has 1 aliphatic heterocycles. The second kappa shape index (κ2) is 4.74. The topological polar surface area (TPSA) is 73.3 Å². The van der Waals surface area contributed by atoms with Gasteiger partial charge in [0, 0.05) is 13.0 Å². The lowest BCUT2D eigenvalue weighted by Gasteiger charge is -2.05. The van der Waals surface area contributed by atoms with Crippen LogP contribution in [0.5, 0.6) is 5.75 Å². The number of hydrogen-bond acceptors (Lipinski definition) is 3. The molecule has 0 spiro atoms. The summed E-state index contributed by atoms with van der Waals surface area (Å²) in [4.78, 5) is 11.9. The molecule has 1 aromatic rings. The van der Waals surface area contributed by atoms with Gasteiger partial charge in [0.05, 0.1) is 24.3 Å². The number of amides is 1. The Labute approximate surface area is 98.8 Å².